The molecule has 130 valence electrons. The van der Waals surface area contributed by atoms with Crippen LogP contribution < -0.4 is 0 Å². The fraction of sp³-hybridized carbons (Fsp3) is 0.333. The Morgan fingerprint density at radius 1 is 1.08 bits per heavy atom. The second-order valence-electron chi connectivity index (χ2n) is 6.34. The Hall–Kier alpha value is -2.62. The first-order chi connectivity index (χ1) is 12.2. The van der Waals surface area contributed by atoms with E-state index in [-0.39, 0.29) is 12.4 Å². The van der Waals surface area contributed by atoms with Crippen LogP contribution in [0.3, 0.4) is 0 Å². The zero-order valence-electron chi connectivity index (χ0n) is 14.1. The van der Waals surface area contributed by atoms with Gasteiger partial charge in [0.15, 0.2) is 12.4 Å². The summed E-state index contributed by atoms with van der Waals surface area (Å²) in [5.41, 5.74) is 1.87. The first-order valence-electron chi connectivity index (χ1n) is 8.74. The Morgan fingerprint density at radius 3 is 2.52 bits per heavy atom. The minimum absolute atomic E-state index is 0.199. The van der Waals surface area contributed by atoms with Crippen LogP contribution in [0.15, 0.2) is 53.2 Å². The summed E-state index contributed by atoms with van der Waals surface area (Å²) >= 11 is 0. The molecule has 1 heterocycles. The number of ether oxygens (including phenoxy) is 1. The van der Waals surface area contributed by atoms with Gasteiger partial charge in [-0.15, -0.1) is 0 Å². The van der Waals surface area contributed by atoms with Crippen molar-refractivity contribution in [1.29, 1.82) is 0 Å². The molecule has 0 N–H and O–H groups in total. The van der Waals surface area contributed by atoms with Crippen LogP contribution in [-0.4, -0.2) is 18.4 Å². The quantitative estimate of drug-likeness (QED) is 0.433. The second-order valence-corrected chi connectivity index (χ2v) is 6.34. The zero-order chi connectivity index (χ0) is 17.5. The molecule has 0 unspecified atom stereocenters. The molecule has 1 saturated carbocycles. The number of Topliss-reactive ketones (excluding diaryl/α,β-unsaturated/α-hetero) is 1. The van der Waals surface area contributed by atoms with E-state index in [4.69, 9.17) is 9.15 Å². The highest BCUT2D eigenvalue weighted by Crippen LogP contribution is 2.32. The van der Waals surface area contributed by atoms with Crippen molar-refractivity contribution >= 4 is 17.8 Å². The normalized spacial score (nSPS) is 15.4. The summed E-state index contributed by atoms with van der Waals surface area (Å²) in [5.74, 6) is 0.405. The van der Waals surface area contributed by atoms with Gasteiger partial charge >= 0.3 is 5.97 Å². The van der Waals surface area contributed by atoms with Gasteiger partial charge in [-0.3, -0.25) is 4.79 Å². The van der Waals surface area contributed by atoms with Crippen LogP contribution in [0.25, 0.3) is 6.08 Å². The van der Waals surface area contributed by atoms with E-state index < -0.39 is 5.97 Å². The van der Waals surface area contributed by atoms with Crippen molar-refractivity contribution in [3.8, 4) is 0 Å². The van der Waals surface area contributed by atoms with Crippen LogP contribution in [-0.2, 0) is 9.53 Å². The molecule has 25 heavy (non-hydrogen) atoms. The molecule has 0 atom stereocenters. The summed E-state index contributed by atoms with van der Waals surface area (Å²) < 4.78 is 10.1. The Bertz CT molecular complexity index is 720. The van der Waals surface area contributed by atoms with Gasteiger partial charge in [-0.2, -0.15) is 0 Å². The highest BCUT2D eigenvalue weighted by Gasteiger charge is 2.16. The molecule has 1 aromatic carbocycles. The highest BCUT2D eigenvalue weighted by molar-refractivity contribution is 5.98. The number of benzene rings is 1. The SMILES string of the molecule is O=C(C=Cc1ccco1)OCC(=O)c1ccc(C2CCCCC2)cc1. The second kappa shape index (κ2) is 8.47. The summed E-state index contributed by atoms with van der Waals surface area (Å²) in [5, 5.41) is 0. The number of carbonyl (C=O) groups is 2. The predicted molar refractivity (Wildman–Crippen MR) is 95.3 cm³/mol. The van der Waals surface area contributed by atoms with E-state index in [1.165, 1.54) is 56.1 Å². The lowest BCUT2D eigenvalue weighted by Crippen LogP contribution is -2.13. The van der Waals surface area contributed by atoms with E-state index >= 15 is 0 Å². The largest absolute Gasteiger partial charge is 0.465 e. The topological polar surface area (TPSA) is 56.5 Å². The van der Waals surface area contributed by atoms with Crippen molar-refractivity contribution in [2.75, 3.05) is 6.61 Å². The summed E-state index contributed by atoms with van der Waals surface area (Å²) in [4.78, 5) is 23.8. The van der Waals surface area contributed by atoms with Gasteiger partial charge in [-0.25, -0.2) is 4.79 Å². The zero-order valence-corrected chi connectivity index (χ0v) is 14.1. The van der Waals surface area contributed by atoms with Crippen LogP contribution in [0.4, 0.5) is 0 Å². The molecule has 0 bridgehead atoms. The van der Waals surface area contributed by atoms with Crippen LogP contribution in [0.5, 0.6) is 0 Å². The van der Waals surface area contributed by atoms with Gasteiger partial charge in [0.1, 0.15) is 5.76 Å². The van der Waals surface area contributed by atoms with E-state index in [9.17, 15) is 9.59 Å². The maximum absolute atomic E-state index is 12.1. The van der Waals surface area contributed by atoms with Crippen molar-refractivity contribution in [2.24, 2.45) is 0 Å². The minimum Gasteiger partial charge on any atom is -0.465 e. The van der Waals surface area contributed by atoms with Gasteiger partial charge in [0.2, 0.25) is 0 Å². The maximum atomic E-state index is 12.1. The maximum Gasteiger partial charge on any atom is 0.331 e. The molecule has 4 heteroatoms. The van der Waals surface area contributed by atoms with E-state index in [1.54, 1.807) is 12.1 Å². The lowest BCUT2D eigenvalue weighted by Gasteiger charge is -2.22. The van der Waals surface area contributed by atoms with Crippen LogP contribution in [0, 0.1) is 0 Å². The summed E-state index contributed by atoms with van der Waals surface area (Å²) in [7, 11) is 0. The molecule has 0 amide bonds. The van der Waals surface area contributed by atoms with Gasteiger partial charge < -0.3 is 9.15 Å². The molecule has 0 spiro atoms. The van der Waals surface area contributed by atoms with E-state index in [2.05, 4.69) is 0 Å². The smallest absolute Gasteiger partial charge is 0.331 e. The first-order valence-corrected chi connectivity index (χ1v) is 8.74. The van der Waals surface area contributed by atoms with Gasteiger partial charge in [0, 0.05) is 11.6 Å². The lowest BCUT2D eigenvalue weighted by atomic mass is 9.84. The minimum atomic E-state index is -0.566. The number of esters is 1. The third kappa shape index (κ3) is 4.92. The fourth-order valence-electron chi connectivity index (χ4n) is 3.18. The molecular weight excluding hydrogens is 316 g/mol. The third-order valence-electron chi connectivity index (χ3n) is 4.58. The average Bonchev–Trinajstić information content (AvgIpc) is 3.19. The first kappa shape index (κ1) is 17.2. The number of hydrogen-bond acceptors (Lipinski definition) is 4. The van der Waals surface area contributed by atoms with Crippen molar-refractivity contribution in [2.45, 2.75) is 38.0 Å². The molecule has 1 aliphatic carbocycles. The van der Waals surface area contributed by atoms with E-state index in [1.807, 2.05) is 24.3 Å². The summed E-state index contributed by atoms with van der Waals surface area (Å²) in [6.45, 7) is -0.260. The summed E-state index contributed by atoms with van der Waals surface area (Å²) in [6.07, 6.45) is 10.6. The molecular formula is C21H22O4. The predicted octanol–water partition coefficient (Wildman–Crippen LogP) is 4.77. The van der Waals surface area contributed by atoms with E-state index in [0.29, 0.717) is 17.2 Å². The van der Waals surface area contributed by atoms with Crippen molar-refractivity contribution in [1.82, 2.24) is 0 Å². The standard InChI is InChI=1S/C21H22O4/c22-20(15-25-21(23)13-12-19-7-4-14-24-19)18-10-8-17(9-11-18)16-5-2-1-3-6-16/h4,7-14,16H,1-3,5-6,15H2. The van der Waals surface area contributed by atoms with Crippen molar-refractivity contribution in [3.63, 3.8) is 0 Å². The molecule has 0 saturated heterocycles. The molecule has 4 nitrogen and oxygen atoms in total. The molecule has 0 radical (unpaired) electrons. The Kier molecular flexibility index (Phi) is 5.83. The van der Waals surface area contributed by atoms with Gasteiger partial charge in [0.05, 0.1) is 6.26 Å². The monoisotopic (exact) mass is 338 g/mol. The Morgan fingerprint density at radius 2 is 1.84 bits per heavy atom. The number of rotatable bonds is 6. The van der Waals surface area contributed by atoms with Gasteiger partial charge in [0.25, 0.3) is 0 Å². The number of carbonyl (C=O) groups excluding carboxylic acids is 2. The van der Waals surface area contributed by atoms with Gasteiger partial charge in [-0.1, -0.05) is 43.5 Å². The Balaban J connectivity index is 1.50. The Labute approximate surface area is 147 Å². The molecule has 1 fully saturated rings. The third-order valence-corrected chi connectivity index (χ3v) is 4.58. The molecule has 2 aromatic rings. The van der Waals surface area contributed by atoms with Crippen molar-refractivity contribution < 1.29 is 18.7 Å². The van der Waals surface area contributed by atoms with Crippen LogP contribution in [0.1, 0.15) is 59.7 Å². The number of furan rings is 1. The number of hydrogen-bond donors (Lipinski definition) is 0. The van der Waals surface area contributed by atoms with E-state index in [0.717, 1.165) is 0 Å². The van der Waals surface area contributed by atoms with Crippen LogP contribution in [0.2, 0.25) is 0 Å². The number of ketones is 1. The molecule has 1 aromatic heterocycles. The fourth-order valence-corrected chi connectivity index (χ4v) is 3.18. The van der Waals surface area contributed by atoms with Crippen molar-refractivity contribution in [3.05, 3.63) is 65.6 Å². The molecule has 3 rings (SSSR count). The summed E-state index contributed by atoms with van der Waals surface area (Å²) in [6, 6.07) is 11.2. The molecule has 0 aliphatic heterocycles. The average molecular weight is 338 g/mol. The molecule has 1 aliphatic rings. The van der Waals surface area contributed by atoms with Crippen LogP contribution >= 0.6 is 0 Å². The van der Waals surface area contributed by atoms with Gasteiger partial charge in [-0.05, 0) is 42.5 Å². The highest BCUT2D eigenvalue weighted by atomic mass is 16.5. The lowest BCUT2D eigenvalue weighted by molar-refractivity contribution is -0.136.